The lowest BCUT2D eigenvalue weighted by Crippen LogP contribution is -2.54. The summed E-state index contributed by atoms with van der Waals surface area (Å²) in [6.07, 6.45) is 24.2. The van der Waals surface area contributed by atoms with E-state index in [1.165, 1.54) is 38.2 Å². The number of carbonyl (C=O) groups is 6. The molecular formula is C94H104N12O12. The van der Waals surface area contributed by atoms with E-state index in [9.17, 15) is 28.8 Å². The molecule has 24 nitrogen and oxygen atoms in total. The maximum atomic E-state index is 14.0. The lowest BCUT2D eigenvalue weighted by atomic mass is 9.75. The van der Waals surface area contributed by atoms with Crippen LogP contribution in [0.25, 0.3) is 44.5 Å². The molecule has 4 bridgehead atoms. The molecule has 4 saturated carbocycles. The molecule has 612 valence electrons. The number of aromatic nitrogens is 2. The Morgan fingerprint density at radius 1 is 0.432 bits per heavy atom. The fraction of sp³-hybridized carbons (Fsp3) is 0.447. The summed E-state index contributed by atoms with van der Waals surface area (Å²) < 4.78 is 33.9. The van der Waals surface area contributed by atoms with Crippen LogP contribution < -0.4 is 21.3 Å². The Morgan fingerprint density at radius 3 is 1.06 bits per heavy atom. The number of nitrogens with one attached hydrogen (secondary N) is 4. The highest BCUT2D eigenvalue weighted by atomic mass is 16.7. The van der Waals surface area contributed by atoms with Gasteiger partial charge in [-0.15, -0.1) is 0 Å². The van der Waals surface area contributed by atoms with Crippen LogP contribution in [0.4, 0.5) is 9.59 Å². The number of methoxy groups -OCH3 is 2. The molecule has 6 amide bonds. The predicted octanol–water partition coefficient (Wildman–Crippen LogP) is 13.6. The van der Waals surface area contributed by atoms with Gasteiger partial charge in [0.05, 0.1) is 65.8 Å². The monoisotopic (exact) mass is 1590 g/mol. The van der Waals surface area contributed by atoms with Gasteiger partial charge >= 0.3 is 12.2 Å². The van der Waals surface area contributed by atoms with Gasteiger partial charge in [-0.2, -0.15) is 0 Å². The fourth-order valence-electron chi connectivity index (χ4n) is 20.6. The van der Waals surface area contributed by atoms with Crippen LogP contribution in [0.2, 0.25) is 0 Å². The number of pyridine rings is 2. The van der Waals surface area contributed by atoms with E-state index in [4.69, 9.17) is 48.4 Å². The van der Waals surface area contributed by atoms with Crippen molar-refractivity contribution in [1.82, 2.24) is 41.0 Å². The molecule has 4 aliphatic carbocycles. The van der Waals surface area contributed by atoms with Gasteiger partial charge in [-0.05, 0) is 164 Å². The largest absolute Gasteiger partial charge is 0.453 e. The number of amides is 6. The van der Waals surface area contributed by atoms with Crippen LogP contribution in [-0.2, 0) is 60.7 Å². The van der Waals surface area contributed by atoms with Gasteiger partial charge in [0.2, 0.25) is 23.6 Å². The minimum absolute atomic E-state index is 0.0189. The van der Waals surface area contributed by atoms with Crippen molar-refractivity contribution in [1.29, 1.82) is 0 Å². The first-order valence-electron chi connectivity index (χ1n) is 42.0. The summed E-state index contributed by atoms with van der Waals surface area (Å²) in [4.78, 5) is 111. The van der Waals surface area contributed by atoms with Crippen molar-refractivity contribution in [3.63, 3.8) is 0 Å². The summed E-state index contributed by atoms with van der Waals surface area (Å²) >= 11 is 0. The van der Waals surface area contributed by atoms with E-state index < -0.39 is 35.8 Å². The standard InChI is InChI=1S/2C47H52N6O6/c2*1-28(2)43(52-46(56)57-3)45(55)53-27-47(58-17-18-59-47)22-40(53)38-20-36(25-49-38)32-10-6-30(7-11-32)31-8-12-33(13-9-31)37-21-39(50-26-37)41-34-14-15-35(19-34)42(41)44(54)51-24-29-5-4-16-48-23-29/h2*4-13,16,23,25-26,28,34-35,40-43H,14-15,17-22,24,27H2,1-3H3,(H,51,54)(H,52,56)/t34?,35?,40-,41?,42+,43-;34?,35?,40-,41?,42-,43-/m00/s1. The molecule has 12 atom stereocenters. The molecule has 2 aromatic heterocycles. The number of rotatable bonds is 22. The normalized spacial score (nSPS) is 25.8. The summed E-state index contributed by atoms with van der Waals surface area (Å²) in [7, 11) is 2.58. The van der Waals surface area contributed by atoms with Crippen LogP contribution in [0, 0.1) is 59.2 Å². The van der Waals surface area contributed by atoms with Crippen LogP contribution in [0.15, 0.2) is 191 Å². The maximum Gasteiger partial charge on any atom is 0.407 e. The minimum atomic E-state index is -0.878. The Balaban J connectivity index is 0.000000169. The third kappa shape index (κ3) is 16.4. The number of alkyl carbamates (subject to hydrolysis) is 2. The van der Waals surface area contributed by atoms with Gasteiger partial charge in [-0.25, -0.2) is 9.59 Å². The molecule has 118 heavy (non-hydrogen) atoms. The fourth-order valence-corrected chi connectivity index (χ4v) is 20.6. The number of hydrogen-bond acceptors (Lipinski definition) is 18. The molecular weight excluding hydrogens is 1490 g/mol. The highest BCUT2D eigenvalue weighted by Crippen LogP contribution is 2.56. The molecule has 24 heteroatoms. The summed E-state index contributed by atoms with van der Waals surface area (Å²) in [5, 5.41) is 11.9. The highest BCUT2D eigenvalue weighted by Gasteiger charge is 2.57. The number of fused-ring (bicyclic) bond motifs is 4. The second-order valence-corrected chi connectivity index (χ2v) is 34.3. The third-order valence-electron chi connectivity index (χ3n) is 26.6. The van der Waals surface area contributed by atoms with Crippen LogP contribution in [-0.4, -0.2) is 168 Å². The van der Waals surface area contributed by atoms with Gasteiger partial charge in [-0.3, -0.25) is 49.1 Å². The van der Waals surface area contributed by atoms with Crippen molar-refractivity contribution in [2.75, 3.05) is 53.7 Å². The van der Waals surface area contributed by atoms with Gasteiger partial charge < -0.3 is 59.5 Å². The van der Waals surface area contributed by atoms with Gasteiger partial charge in [0.15, 0.2) is 11.6 Å². The number of hydrogen-bond donors (Lipinski definition) is 4. The van der Waals surface area contributed by atoms with E-state index in [1.54, 1.807) is 22.2 Å². The first-order valence-corrected chi connectivity index (χ1v) is 42.0. The smallest absolute Gasteiger partial charge is 0.407 e. The van der Waals surface area contributed by atoms with Crippen LogP contribution in [0.1, 0.15) is 138 Å². The topological polar surface area (TPSA) is 288 Å². The maximum absolute atomic E-state index is 14.0. The number of aliphatic imine (C=N–C) groups is 4. The molecule has 8 fully saturated rings. The molecule has 12 aliphatic rings. The molecule has 4 aromatic carbocycles. The Bertz CT molecular complexity index is 4730. The quantitative estimate of drug-likeness (QED) is 0.0492. The summed E-state index contributed by atoms with van der Waals surface area (Å²) in [6, 6.07) is 40.0. The molecule has 2 spiro atoms. The summed E-state index contributed by atoms with van der Waals surface area (Å²) in [5.41, 5.74) is 19.5. The minimum Gasteiger partial charge on any atom is -0.453 e. The zero-order valence-corrected chi connectivity index (χ0v) is 67.9. The molecule has 10 heterocycles. The second-order valence-electron chi connectivity index (χ2n) is 34.3. The summed E-state index contributed by atoms with van der Waals surface area (Å²) in [6.45, 7) is 11.0. The third-order valence-corrected chi connectivity index (χ3v) is 26.6. The lowest BCUT2D eigenvalue weighted by Gasteiger charge is -2.31. The van der Waals surface area contributed by atoms with Gasteiger partial charge in [-0.1, -0.05) is 137 Å². The van der Waals surface area contributed by atoms with E-state index in [-0.39, 0.29) is 84.3 Å². The Morgan fingerprint density at radius 2 is 0.746 bits per heavy atom. The molecule has 18 rings (SSSR count). The zero-order valence-electron chi connectivity index (χ0n) is 67.9. The molecule has 0 radical (unpaired) electrons. The lowest BCUT2D eigenvalue weighted by molar-refractivity contribution is -0.153. The van der Waals surface area contributed by atoms with Crippen molar-refractivity contribution in [2.24, 2.45) is 79.1 Å². The van der Waals surface area contributed by atoms with Crippen molar-refractivity contribution >= 4 is 81.0 Å². The highest BCUT2D eigenvalue weighted by molar-refractivity contribution is 6.07. The Hall–Kier alpha value is -10.9. The van der Waals surface area contributed by atoms with E-state index in [1.807, 2.05) is 89.2 Å². The van der Waals surface area contributed by atoms with Crippen molar-refractivity contribution in [3.05, 3.63) is 204 Å². The van der Waals surface area contributed by atoms with Crippen molar-refractivity contribution in [2.45, 2.75) is 154 Å². The molecule has 4 saturated heterocycles. The van der Waals surface area contributed by atoms with E-state index >= 15 is 0 Å². The molecule has 4 N–H and O–H groups in total. The van der Waals surface area contributed by atoms with E-state index in [0.29, 0.717) is 88.9 Å². The number of likely N-dealkylation sites (tertiary alicyclic amines) is 2. The van der Waals surface area contributed by atoms with Crippen LogP contribution >= 0.6 is 0 Å². The second kappa shape index (κ2) is 34.2. The van der Waals surface area contributed by atoms with Gasteiger partial charge in [0, 0.05) is 148 Å². The number of nitrogens with zero attached hydrogens (tertiary/aromatic N) is 8. The molecule has 8 aliphatic heterocycles. The van der Waals surface area contributed by atoms with Gasteiger partial charge in [0.25, 0.3) is 0 Å². The Labute approximate surface area is 688 Å². The summed E-state index contributed by atoms with van der Waals surface area (Å²) in [5.74, 6) is 0.0858. The van der Waals surface area contributed by atoms with E-state index in [2.05, 4.69) is 128 Å². The van der Waals surface area contributed by atoms with E-state index in [0.717, 1.165) is 128 Å². The molecule has 6 aromatic rings. The number of allylic oxidation sites excluding steroid dienone is 4. The number of ether oxygens (including phenoxy) is 6. The SMILES string of the molecule is COC(=O)N[C@H](C(=O)N1CC2(C[C@H]1C1=NC=C(c3ccc(-c4ccc(C5=CN=C(C6C7CCC(C7)[C@@H]6C(=O)NCc6cccnc6)C5)cc4)cc3)C1)OCCO2)C(C)C.COC(=O)N[C@H](C(=O)N1CC2(C[C@H]1C1=NC=C(c3ccc(-c4ccc(C5=CN=C(C6C7CCC(C7)[C@H]6C(=O)NCc6cccnc6)C5)cc4)cc3)C1)OCCO2)C(C)C. The Kier molecular flexibility index (Phi) is 23.1. The predicted molar refractivity (Wildman–Crippen MR) is 450 cm³/mol. The first-order chi connectivity index (χ1) is 57.4. The molecule has 6 unspecified atom stereocenters. The first kappa shape index (κ1) is 79.5. The van der Waals surface area contributed by atoms with Crippen molar-refractivity contribution in [3.8, 4) is 22.3 Å². The van der Waals surface area contributed by atoms with Crippen LogP contribution in [0.3, 0.4) is 0 Å². The number of carbonyl (C=O) groups excluding carboxylic acids is 6. The average Bonchev–Trinajstić information content (AvgIpc) is 1.62. The zero-order chi connectivity index (χ0) is 81.3. The van der Waals surface area contributed by atoms with Crippen molar-refractivity contribution < 1.29 is 57.2 Å². The van der Waals surface area contributed by atoms with Gasteiger partial charge in [0.1, 0.15) is 12.1 Å². The van der Waals surface area contributed by atoms with Crippen LogP contribution in [0.5, 0.6) is 0 Å². The average molecular weight is 1590 g/mol. The number of benzene rings is 4.